The van der Waals surface area contributed by atoms with Crippen molar-refractivity contribution in [3.05, 3.63) is 10.6 Å². The van der Waals surface area contributed by atoms with Gasteiger partial charge in [0.05, 0.1) is 5.69 Å². The smallest absolute Gasteiger partial charge is 0.295 e. The van der Waals surface area contributed by atoms with Crippen molar-refractivity contribution in [3.8, 4) is 0 Å². The Balaban J connectivity index is 2.32. The van der Waals surface area contributed by atoms with Gasteiger partial charge in [0.25, 0.3) is 14.4 Å². The highest BCUT2D eigenvalue weighted by Gasteiger charge is 2.28. The van der Waals surface area contributed by atoms with Crippen LogP contribution in [0.25, 0.3) is 0 Å². The summed E-state index contributed by atoms with van der Waals surface area (Å²) in [6, 6.07) is 0. The standard InChI is InChI=1S/C10H13N5O3S3/c1-5-6(2)19-9(11-5)15(4)21(17,18)10-14-13-8(20-10)12-7(3)16/h1-4H3,(H,12,13,16). The van der Waals surface area contributed by atoms with Crippen LogP contribution in [0.15, 0.2) is 4.34 Å². The number of hydrogen-bond donors (Lipinski definition) is 1. The fraction of sp³-hybridized carbons (Fsp3) is 0.400. The summed E-state index contributed by atoms with van der Waals surface area (Å²) in [7, 11) is -2.43. The Kier molecular flexibility index (Phi) is 4.25. The van der Waals surface area contributed by atoms with E-state index in [1.54, 1.807) is 0 Å². The molecule has 2 heterocycles. The van der Waals surface area contributed by atoms with E-state index in [0.717, 1.165) is 26.2 Å². The highest BCUT2D eigenvalue weighted by Crippen LogP contribution is 2.30. The summed E-state index contributed by atoms with van der Waals surface area (Å²) in [4.78, 5) is 16.1. The van der Waals surface area contributed by atoms with Crippen LogP contribution >= 0.6 is 22.7 Å². The Hall–Kier alpha value is -1.59. The Morgan fingerprint density at radius 1 is 1.24 bits per heavy atom. The lowest BCUT2D eigenvalue weighted by Gasteiger charge is -2.13. The third-order valence-corrected chi connectivity index (χ3v) is 6.75. The monoisotopic (exact) mass is 347 g/mol. The first kappa shape index (κ1) is 15.8. The van der Waals surface area contributed by atoms with Crippen molar-refractivity contribution in [2.75, 3.05) is 16.7 Å². The van der Waals surface area contributed by atoms with Crippen LogP contribution in [-0.4, -0.2) is 36.6 Å². The van der Waals surface area contributed by atoms with Crippen LogP contribution < -0.4 is 9.62 Å². The number of aryl methyl sites for hydroxylation is 2. The van der Waals surface area contributed by atoms with Crippen molar-refractivity contribution in [2.24, 2.45) is 0 Å². The first-order valence-corrected chi connectivity index (χ1v) is 8.83. The van der Waals surface area contributed by atoms with Gasteiger partial charge < -0.3 is 5.32 Å². The molecule has 2 aromatic rings. The second-order valence-corrected chi connectivity index (χ2v) is 8.47. The summed E-state index contributed by atoms with van der Waals surface area (Å²) in [6.45, 7) is 5.00. The third-order valence-electron chi connectivity index (χ3n) is 2.56. The van der Waals surface area contributed by atoms with Gasteiger partial charge in [-0.25, -0.2) is 9.29 Å². The number of nitrogens with one attached hydrogen (secondary N) is 1. The Morgan fingerprint density at radius 3 is 2.43 bits per heavy atom. The van der Waals surface area contributed by atoms with Crippen molar-refractivity contribution < 1.29 is 13.2 Å². The van der Waals surface area contributed by atoms with Crippen molar-refractivity contribution in [1.29, 1.82) is 0 Å². The summed E-state index contributed by atoms with van der Waals surface area (Å²) in [5.74, 6) is -0.338. The largest absolute Gasteiger partial charge is 0.301 e. The number of amides is 1. The molecule has 0 fully saturated rings. The van der Waals surface area contributed by atoms with Gasteiger partial charge in [-0.3, -0.25) is 4.79 Å². The first-order valence-electron chi connectivity index (χ1n) is 5.76. The normalized spacial score (nSPS) is 11.4. The third kappa shape index (κ3) is 3.19. The van der Waals surface area contributed by atoms with Crippen LogP contribution in [0.1, 0.15) is 17.5 Å². The second-order valence-electron chi connectivity index (χ2n) is 4.16. The summed E-state index contributed by atoms with van der Waals surface area (Å²) >= 11 is 2.08. The molecule has 0 spiro atoms. The zero-order valence-electron chi connectivity index (χ0n) is 11.7. The van der Waals surface area contributed by atoms with E-state index in [1.807, 2.05) is 13.8 Å². The highest BCUT2D eigenvalue weighted by molar-refractivity contribution is 7.94. The van der Waals surface area contributed by atoms with E-state index in [9.17, 15) is 13.2 Å². The summed E-state index contributed by atoms with van der Waals surface area (Å²) in [6.07, 6.45) is 0. The maximum absolute atomic E-state index is 12.4. The minimum atomic E-state index is -3.84. The average molecular weight is 347 g/mol. The lowest BCUT2D eigenvalue weighted by atomic mass is 10.4. The molecule has 2 aromatic heterocycles. The molecule has 1 amide bonds. The SMILES string of the molecule is CC(=O)Nc1nnc(S(=O)(=O)N(C)c2nc(C)c(C)s2)s1. The fourth-order valence-corrected chi connectivity index (χ4v) is 4.65. The van der Waals surface area contributed by atoms with Gasteiger partial charge in [-0.05, 0) is 13.8 Å². The van der Waals surface area contributed by atoms with Gasteiger partial charge in [0.1, 0.15) is 0 Å². The minimum Gasteiger partial charge on any atom is -0.301 e. The number of carbonyl (C=O) groups is 1. The lowest BCUT2D eigenvalue weighted by molar-refractivity contribution is -0.114. The highest BCUT2D eigenvalue weighted by atomic mass is 32.2. The molecule has 1 N–H and O–H groups in total. The summed E-state index contributed by atoms with van der Waals surface area (Å²) in [5.41, 5.74) is 0.785. The molecule has 0 saturated carbocycles. The maximum Gasteiger partial charge on any atom is 0.295 e. The number of hydrogen-bond acceptors (Lipinski definition) is 8. The number of aromatic nitrogens is 3. The lowest BCUT2D eigenvalue weighted by Crippen LogP contribution is -2.26. The van der Waals surface area contributed by atoms with Gasteiger partial charge in [0.2, 0.25) is 11.0 Å². The van der Waals surface area contributed by atoms with Crippen LogP contribution in [-0.2, 0) is 14.8 Å². The Morgan fingerprint density at radius 2 is 1.90 bits per heavy atom. The van der Waals surface area contributed by atoms with Gasteiger partial charge in [-0.1, -0.05) is 11.3 Å². The van der Waals surface area contributed by atoms with Crippen molar-refractivity contribution in [1.82, 2.24) is 15.2 Å². The molecule has 0 atom stereocenters. The molecular formula is C10H13N5O3S3. The van der Waals surface area contributed by atoms with Gasteiger partial charge in [0, 0.05) is 18.8 Å². The van der Waals surface area contributed by atoms with Crippen molar-refractivity contribution in [2.45, 2.75) is 25.1 Å². The molecule has 2 rings (SSSR count). The van der Waals surface area contributed by atoms with Gasteiger partial charge in [-0.15, -0.1) is 21.5 Å². The molecule has 0 aromatic carbocycles. The minimum absolute atomic E-state index is 0.140. The molecule has 0 unspecified atom stereocenters. The predicted molar refractivity (Wildman–Crippen MR) is 81.4 cm³/mol. The molecule has 0 saturated heterocycles. The maximum atomic E-state index is 12.4. The second kappa shape index (κ2) is 5.66. The van der Waals surface area contributed by atoms with Gasteiger partial charge >= 0.3 is 0 Å². The molecule has 114 valence electrons. The zero-order chi connectivity index (χ0) is 15.8. The molecule has 11 heteroatoms. The number of sulfonamides is 1. The van der Waals surface area contributed by atoms with E-state index < -0.39 is 10.0 Å². The number of rotatable bonds is 4. The zero-order valence-corrected chi connectivity index (χ0v) is 14.2. The number of nitrogens with zero attached hydrogens (tertiary/aromatic N) is 4. The predicted octanol–water partition coefficient (Wildman–Crippen LogP) is 1.39. The van der Waals surface area contributed by atoms with E-state index >= 15 is 0 Å². The summed E-state index contributed by atoms with van der Waals surface area (Å²) < 4.78 is 25.8. The molecule has 0 radical (unpaired) electrons. The molecule has 0 aliphatic heterocycles. The molecule has 0 bridgehead atoms. The number of carbonyl (C=O) groups excluding carboxylic acids is 1. The number of thiazole rings is 1. The van der Waals surface area contributed by atoms with Crippen LogP contribution in [0, 0.1) is 13.8 Å². The first-order chi connectivity index (χ1) is 9.71. The molecule has 21 heavy (non-hydrogen) atoms. The molecule has 0 aliphatic rings. The van der Waals surface area contributed by atoms with Crippen LogP contribution in [0.5, 0.6) is 0 Å². The van der Waals surface area contributed by atoms with Crippen LogP contribution in [0.3, 0.4) is 0 Å². The van der Waals surface area contributed by atoms with E-state index in [2.05, 4.69) is 20.5 Å². The molecule has 8 nitrogen and oxygen atoms in total. The van der Waals surface area contributed by atoms with Gasteiger partial charge in [0.15, 0.2) is 5.13 Å². The Bertz CT molecular complexity index is 760. The van der Waals surface area contributed by atoms with Gasteiger partial charge in [-0.2, -0.15) is 8.42 Å². The van der Waals surface area contributed by atoms with E-state index in [-0.39, 0.29) is 15.4 Å². The topological polar surface area (TPSA) is 105 Å². The Labute approximate surface area is 129 Å². The molecule has 0 aliphatic carbocycles. The quantitative estimate of drug-likeness (QED) is 0.838. The summed E-state index contributed by atoms with van der Waals surface area (Å²) in [5, 5.41) is 10.2. The van der Waals surface area contributed by atoms with E-state index in [1.165, 1.54) is 25.3 Å². The number of anilines is 2. The fourth-order valence-electron chi connectivity index (χ4n) is 1.33. The average Bonchev–Trinajstić information content (AvgIpc) is 2.96. The van der Waals surface area contributed by atoms with Crippen LogP contribution in [0.2, 0.25) is 0 Å². The van der Waals surface area contributed by atoms with Crippen molar-refractivity contribution in [3.63, 3.8) is 0 Å². The van der Waals surface area contributed by atoms with Crippen LogP contribution in [0.4, 0.5) is 10.3 Å². The van der Waals surface area contributed by atoms with E-state index in [0.29, 0.717) is 5.13 Å². The van der Waals surface area contributed by atoms with E-state index in [4.69, 9.17) is 0 Å². The van der Waals surface area contributed by atoms with Crippen molar-refractivity contribution >= 4 is 48.9 Å². The molecular weight excluding hydrogens is 334 g/mol.